The number of carbonyl (C=O) groups excluding carboxylic acids is 2. The summed E-state index contributed by atoms with van der Waals surface area (Å²) in [7, 11) is 0. The highest BCUT2D eigenvalue weighted by Crippen LogP contribution is 2.24. The molecule has 3 aromatic rings. The monoisotopic (exact) mass is 355 g/mol. The molecule has 0 spiro atoms. The van der Waals surface area contributed by atoms with Crippen molar-refractivity contribution in [2.75, 3.05) is 6.61 Å². The highest BCUT2D eigenvalue weighted by atomic mass is 32.1. The predicted molar refractivity (Wildman–Crippen MR) is 94.7 cm³/mol. The fourth-order valence-corrected chi connectivity index (χ4v) is 2.91. The van der Waals surface area contributed by atoms with Crippen LogP contribution in [-0.4, -0.2) is 23.3 Å². The van der Waals surface area contributed by atoms with E-state index in [0.29, 0.717) is 21.7 Å². The van der Waals surface area contributed by atoms with Crippen LogP contribution in [0.1, 0.15) is 20.9 Å². The van der Waals surface area contributed by atoms with Crippen molar-refractivity contribution < 1.29 is 18.7 Å². The zero-order valence-corrected chi connectivity index (χ0v) is 13.9. The maximum absolute atomic E-state index is 13.0. The largest absolute Gasteiger partial charge is 0.454 e. The lowest BCUT2D eigenvalue weighted by Crippen LogP contribution is -2.15. The summed E-state index contributed by atoms with van der Waals surface area (Å²) >= 11 is 1.38. The van der Waals surface area contributed by atoms with Crippen molar-refractivity contribution in [3.63, 3.8) is 0 Å². The zero-order chi connectivity index (χ0) is 17.6. The third kappa shape index (κ3) is 4.30. The van der Waals surface area contributed by atoms with Gasteiger partial charge in [0.15, 0.2) is 6.61 Å². The summed E-state index contributed by atoms with van der Waals surface area (Å²) < 4.78 is 18.2. The molecule has 0 aliphatic carbocycles. The van der Waals surface area contributed by atoms with Crippen LogP contribution in [0.4, 0.5) is 4.39 Å². The van der Waals surface area contributed by atoms with Crippen molar-refractivity contribution in [2.45, 2.75) is 0 Å². The number of ether oxygens (including phenoxy) is 1. The molecule has 1 aromatic carbocycles. The molecule has 0 aliphatic rings. The van der Waals surface area contributed by atoms with Gasteiger partial charge >= 0.3 is 5.97 Å². The molecule has 2 heterocycles. The smallest absolute Gasteiger partial charge is 0.340 e. The molecule has 0 radical (unpaired) electrons. The summed E-state index contributed by atoms with van der Waals surface area (Å²) in [6.45, 7) is -0.356. The molecule has 0 bridgehead atoms. The first-order valence-electron chi connectivity index (χ1n) is 7.48. The van der Waals surface area contributed by atoms with Crippen LogP contribution >= 0.6 is 11.3 Å². The zero-order valence-electron chi connectivity index (χ0n) is 13.1. The van der Waals surface area contributed by atoms with Crippen molar-refractivity contribution in [2.24, 2.45) is 0 Å². The van der Waals surface area contributed by atoms with Crippen molar-refractivity contribution >= 4 is 34.7 Å². The summed E-state index contributed by atoms with van der Waals surface area (Å²) in [6.07, 6.45) is 3.24. The van der Waals surface area contributed by atoms with Crippen LogP contribution in [0.25, 0.3) is 11.6 Å². The normalized spacial score (nSPS) is 11.3. The van der Waals surface area contributed by atoms with Crippen molar-refractivity contribution in [1.29, 1.82) is 0 Å². The number of carbonyl (C=O) groups is 2. The molecule has 0 saturated heterocycles. The molecule has 0 fully saturated rings. The molecule has 126 valence electrons. The number of nitrogens with one attached hydrogen (secondary N) is 1. The van der Waals surface area contributed by atoms with Gasteiger partial charge in [-0.1, -0.05) is 18.2 Å². The molecule has 4 nitrogen and oxygen atoms in total. The second-order valence-corrected chi connectivity index (χ2v) is 6.12. The van der Waals surface area contributed by atoms with E-state index in [4.69, 9.17) is 4.74 Å². The van der Waals surface area contributed by atoms with Crippen LogP contribution < -0.4 is 0 Å². The second-order valence-electron chi connectivity index (χ2n) is 5.17. The van der Waals surface area contributed by atoms with Crippen LogP contribution in [0, 0.1) is 5.82 Å². The van der Waals surface area contributed by atoms with Crippen LogP contribution in [0.15, 0.2) is 60.1 Å². The average Bonchev–Trinajstić information content (AvgIpc) is 3.32. The standard InChI is InChI=1S/C19H14FNO3S/c20-14-7-5-13(6-8-14)11-15(18-4-2-10-25-18)19(23)24-12-17(22)16-3-1-9-21-16/h1-11,21H,12H2/b15-11+. The molecule has 0 unspecified atom stereocenters. The predicted octanol–water partition coefficient (Wildman–Crippen LogP) is 4.18. The highest BCUT2D eigenvalue weighted by Gasteiger charge is 2.17. The Bertz CT molecular complexity index is 881. The number of esters is 1. The Kier molecular flexibility index (Phi) is 5.20. The Morgan fingerprint density at radius 1 is 1.12 bits per heavy atom. The fourth-order valence-electron chi connectivity index (χ4n) is 2.18. The lowest BCUT2D eigenvalue weighted by atomic mass is 10.1. The van der Waals surface area contributed by atoms with Gasteiger partial charge in [-0.3, -0.25) is 4.79 Å². The number of aromatic nitrogens is 1. The Labute approximate surface area is 147 Å². The lowest BCUT2D eigenvalue weighted by molar-refractivity contribution is -0.135. The maximum atomic E-state index is 13.0. The molecular weight excluding hydrogens is 341 g/mol. The average molecular weight is 355 g/mol. The van der Waals surface area contributed by atoms with Gasteiger partial charge in [0.2, 0.25) is 5.78 Å². The number of halogens is 1. The molecule has 3 rings (SSSR count). The Balaban J connectivity index is 1.78. The molecule has 0 saturated carbocycles. The summed E-state index contributed by atoms with van der Waals surface area (Å²) in [6, 6.07) is 12.7. The molecule has 25 heavy (non-hydrogen) atoms. The Hall–Kier alpha value is -2.99. The SMILES string of the molecule is O=C(OCC(=O)c1ccc[nH]1)/C(=C/c1ccc(F)cc1)c1cccs1. The number of hydrogen-bond donors (Lipinski definition) is 1. The maximum Gasteiger partial charge on any atom is 0.340 e. The van der Waals surface area contributed by atoms with Gasteiger partial charge in [-0.2, -0.15) is 0 Å². The topological polar surface area (TPSA) is 59.2 Å². The minimum absolute atomic E-state index is 0.314. The van der Waals surface area contributed by atoms with Gasteiger partial charge < -0.3 is 9.72 Å². The van der Waals surface area contributed by atoms with E-state index in [2.05, 4.69) is 4.98 Å². The van der Waals surface area contributed by atoms with Gasteiger partial charge in [0.05, 0.1) is 11.3 Å². The van der Waals surface area contributed by atoms with E-state index < -0.39 is 5.97 Å². The molecule has 0 aliphatic heterocycles. The molecule has 0 atom stereocenters. The number of aromatic amines is 1. The van der Waals surface area contributed by atoms with E-state index in [0.717, 1.165) is 0 Å². The summed E-state index contributed by atoms with van der Waals surface area (Å²) in [4.78, 5) is 27.9. The third-order valence-corrected chi connectivity index (χ3v) is 4.32. The second kappa shape index (κ2) is 7.72. The Morgan fingerprint density at radius 3 is 2.56 bits per heavy atom. The number of rotatable bonds is 6. The number of hydrogen-bond acceptors (Lipinski definition) is 4. The molecule has 1 N–H and O–H groups in total. The van der Waals surface area contributed by atoms with Crippen molar-refractivity contribution in [3.8, 4) is 0 Å². The quantitative estimate of drug-likeness (QED) is 0.410. The van der Waals surface area contributed by atoms with E-state index in [1.165, 1.54) is 23.5 Å². The van der Waals surface area contributed by atoms with Gasteiger partial charge in [0.1, 0.15) is 5.82 Å². The molecular formula is C19H14FNO3S. The van der Waals surface area contributed by atoms with E-state index in [-0.39, 0.29) is 18.2 Å². The van der Waals surface area contributed by atoms with Crippen molar-refractivity contribution in [1.82, 2.24) is 4.98 Å². The summed E-state index contributed by atoms with van der Waals surface area (Å²) in [5.41, 5.74) is 1.37. The minimum Gasteiger partial charge on any atom is -0.454 e. The first kappa shape index (κ1) is 16.9. The van der Waals surface area contributed by atoms with E-state index in [9.17, 15) is 14.0 Å². The number of thiophene rings is 1. The van der Waals surface area contributed by atoms with Crippen LogP contribution in [0.5, 0.6) is 0 Å². The molecule has 6 heteroatoms. The van der Waals surface area contributed by atoms with Gasteiger partial charge in [0.25, 0.3) is 0 Å². The third-order valence-electron chi connectivity index (χ3n) is 3.42. The lowest BCUT2D eigenvalue weighted by Gasteiger charge is -2.07. The number of H-pyrrole nitrogens is 1. The number of benzene rings is 1. The fraction of sp³-hybridized carbons (Fsp3) is 0.0526. The van der Waals surface area contributed by atoms with E-state index in [1.54, 1.807) is 42.6 Å². The number of Topliss-reactive ketones (excluding diaryl/α,β-unsaturated/α-hetero) is 1. The Morgan fingerprint density at radius 2 is 1.92 bits per heavy atom. The van der Waals surface area contributed by atoms with Gasteiger partial charge in [0, 0.05) is 11.1 Å². The number of ketones is 1. The minimum atomic E-state index is -0.605. The summed E-state index contributed by atoms with van der Waals surface area (Å²) in [5.74, 6) is -1.27. The van der Waals surface area contributed by atoms with E-state index >= 15 is 0 Å². The molecule has 2 aromatic heterocycles. The summed E-state index contributed by atoms with van der Waals surface area (Å²) in [5, 5.41) is 1.84. The highest BCUT2D eigenvalue weighted by molar-refractivity contribution is 7.11. The van der Waals surface area contributed by atoms with Gasteiger partial charge in [-0.15, -0.1) is 11.3 Å². The van der Waals surface area contributed by atoms with Crippen LogP contribution in [0.3, 0.4) is 0 Å². The van der Waals surface area contributed by atoms with Crippen molar-refractivity contribution in [3.05, 3.63) is 82.1 Å². The van der Waals surface area contributed by atoms with Gasteiger partial charge in [-0.25, -0.2) is 9.18 Å². The van der Waals surface area contributed by atoms with E-state index in [1.807, 2.05) is 11.4 Å². The first-order valence-corrected chi connectivity index (χ1v) is 8.36. The van der Waals surface area contributed by atoms with Crippen LogP contribution in [0.2, 0.25) is 0 Å². The molecule has 0 amide bonds. The van der Waals surface area contributed by atoms with Crippen LogP contribution in [-0.2, 0) is 9.53 Å². The first-order chi connectivity index (χ1) is 12.1. The van der Waals surface area contributed by atoms with Gasteiger partial charge in [-0.05, 0) is 47.4 Å².